The van der Waals surface area contributed by atoms with Crippen molar-refractivity contribution in [2.75, 3.05) is 19.6 Å². The molecule has 1 fully saturated rings. The summed E-state index contributed by atoms with van der Waals surface area (Å²) in [5.74, 6) is -2.61. The molecule has 2 rings (SSSR count). The zero-order valence-corrected chi connectivity index (χ0v) is 17.4. The van der Waals surface area contributed by atoms with Crippen molar-refractivity contribution >= 4 is 23.7 Å². The zero-order chi connectivity index (χ0) is 22.8. The summed E-state index contributed by atoms with van der Waals surface area (Å²) in [4.78, 5) is 56.9. The average molecular weight is 438 g/mol. The number of rotatable bonds is 12. The maximum absolute atomic E-state index is 13.0. The van der Waals surface area contributed by atoms with Crippen LogP contribution in [0.25, 0.3) is 0 Å². The van der Waals surface area contributed by atoms with Crippen LogP contribution in [-0.4, -0.2) is 81.4 Å². The van der Waals surface area contributed by atoms with E-state index >= 15 is 0 Å². The molecule has 12 heteroatoms. The molecule has 172 valence electrons. The molecule has 3 amide bonds. The van der Waals surface area contributed by atoms with Crippen molar-refractivity contribution in [1.29, 1.82) is 0 Å². The number of nitrogens with zero attached hydrogens (tertiary/aromatic N) is 2. The first-order valence-electron chi connectivity index (χ1n) is 10.4. The van der Waals surface area contributed by atoms with Gasteiger partial charge >= 0.3 is 5.97 Å². The highest BCUT2D eigenvalue weighted by Gasteiger charge is 2.37. The van der Waals surface area contributed by atoms with Gasteiger partial charge in [-0.05, 0) is 32.2 Å². The molecule has 1 aliphatic rings. The normalized spacial score (nSPS) is 17.7. The van der Waals surface area contributed by atoms with Crippen LogP contribution in [0.2, 0.25) is 0 Å². The van der Waals surface area contributed by atoms with Crippen LogP contribution < -0.4 is 22.1 Å². The number of nitrogens with two attached hydrogens (primary N) is 2. The van der Waals surface area contributed by atoms with Crippen molar-refractivity contribution in [2.45, 2.75) is 56.7 Å². The number of H-pyrrole nitrogens is 1. The molecular formula is C19H31N7O5. The summed E-state index contributed by atoms with van der Waals surface area (Å²) in [6, 6.07) is -2.66. The molecule has 3 unspecified atom stereocenters. The number of aromatic amines is 1. The third kappa shape index (κ3) is 7.33. The molecule has 0 saturated carbocycles. The molecule has 2 heterocycles. The summed E-state index contributed by atoms with van der Waals surface area (Å²) in [6.45, 7) is 0.473. The molecule has 0 spiro atoms. The first-order valence-corrected chi connectivity index (χ1v) is 10.4. The highest BCUT2D eigenvalue weighted by molar-refractivity contribution is 5.93. The number of aliphatic carboxylic acids is 1. The average Bonchev–Trinajstić information content (AvgIpc) is 3.43. The van der Waals surface area contributed by atoms with E-state index in [2.05, 4.69) is 20.6 Å². The van der Waals surface area contributed by atoms with E-state index in [0.717, 1.165) is 6.42 Å². The third-order valence-corrected chi connectivity index (χ3v) is 5.16. The zero-order valence-electron chi connectivity index (χ0n) is 17.4. The van der Waals surface area contributed by atoms with Gasteiger partial charge in [-0.15, -0.1) is 0 Å². The lowest BCUT2D eigenvalue weighted by Gasteiger charge is -2.27. The highest BCUT2D eigenvalue weighted by Crippen LogP contribution is 2.19. The second kappa shape index (κ2) is 12.0. The number of amides is 3. The molecular weight excluding hydrogens is 406 g/mol. The summed E-state index contributed by atoms with van der Waals surface area (Å²) in [7, 11) is 0. The molecule has 0 bridgehead atoms. The Bertz CT molecular complexity index is 755. The van der Waals surface area contributed by atoms with Crippen LogP contribution in [0.15, 0.2) is 12.5 Å². The topological polar surface area (TPSA) is 197 Å². The van der Waals surface area contributed by atoms with Gasteiger partial charge in [-0.2, -0.15) is 0 Å². The SMILES string of the molecule is NCCCCC(N)C(=O)NCC(=O)NC(Cc1cnc[nH]1)C(=O)N1CCCC1C(=O)O. The van der Waals surface area contributed by atoms with Crippen molar-refractivity contribution in [3.8, 4) is 0 Å². The summed E-state index contributed by atoms with van der Waals surface area (Å²) in [6.07, 6.45) is 5.94. The molecule has 31 heavy (non-hydrogen) atoms. The van der Waals surface area contributed by atoms with E-state index in [1.54, 1.807) is 0 Å². The largest absolute Gasteiger partial charge is 0.480 e. The van der Waals surface area contributed by atoms with E-state index in [1.165, 1.54) is 17.4 Å². The fourth-order valence-electron chi connectivity index (χ4n) is 3.49. The first-order chi connectivity index (χ1) is 14.8. The second-order valence-electron chi connectivity index (χ2n) is 7.54. The first kappa shape index (κ1) is 24.3. The third-order valence-electron chi connectivity index (χ3n) is 5.16. The molecule has 1 aromatic rings. The number of carbonyl (C=O) groups excluding carboxylic acids is 3. The molecule has 3 atom stereocenters. The van der Waals surface area contributed by atoms with E-state index < -0.39 is 41.8 Å². The number of carbonyl (C=O) groups is 4. The summed E-state index contributed by atoms with van der Waals surface area (Å²) in [5.41, 5.74) is 11.8. The van der Waals surface area contributed by atoms with E-state index in [9.17, 15) is 24.3 Å². The Morgan fingerprint density at radius 3 is 2.74 bits per heavy atom. The van der Waals surface area contributed by atoms with Crippen LogP contribution in [0.1, 0.15) is 37.8 Å². The number of nitrogens with one attached hydrogen (secondary N) is 3. The van der Waals surface area contributed by atoms with Gasteiger partial charge in [0.05, 0.1) is 18.9 Å². The smallest absolute Gasteiger partial charge is 0.326 e. The van der Waals surface area contributed by atoms with Crippen LogP contribution in [0, 0.1) is 0 Å². The van der Waals surface area contributed by atoms with Gasteiger partial charge < -0.3 is 37.1 Å². The lowest BCUT2D eigenvalue weighted by atomic mass is 10.1. The summed E-state index contributed by atoms with van der Waals surface area (Å²) >= 11 is 0. The standard InChI is InChI=1S/C19H31N7O5/c20-6-2-1-4-13(21)17(28)23-10-16(27)25-14(8-12-9-22-11-24-12)18(29)26-7-3-5-15(26)19(30)31/h9,11,13-15H,1-8,10,20-21H2,(H,22,24)(H,23,28)(H,25,27)(H,30,31). The predicted molar refractivity (Wildman–Crippen MR) is 110 cm³/mol. The molecule has 0 radical (unpaired) electrons. The lowest BCUT2D eigenvalue weighted by molar-refractivity contribution is -0.149. The summed E-state index contributed by atoms with van der Waals surface area (Å²) in [5, 5.41) is 14.4. The molecule has 1 aliphatic heterocycles. The van der Waals surface area contributed by atoms with Crippen molar-refractivity contribution in [1.82, 2.24) is 25.5 Å². The molecule has 12 nitrogen and oxygen atoms in total. The van der Waals surface area contributed by atoms with Gasteiger partial charge in [0.25, 0.3) is 0 Å². The maximum atomic E-state index is 13.0. The van der Waals surface area contributed by atoms with Crippen LogP contribution >= 0.6 is 0 Å². The molecule has 0 aliphatic carbocycles. The van der Waals surface area contributed by atoms with Crippen molar-refractivity contribution in [2.24, 2.45) is 11.5 Å². The Kier molecular flexibility index (Phi) is 9.40. The number of hydrogen-bond donors (Lipinski definition) is 6. The fraction of sp³-hybridized carbons (Fsp3) is 0.632. The van der Waals surface area contributed by atoms with E-state index in [4.69, 9.17) is 11.5 Å². The second-order valence-corrected chi connectivity index (χ2v) is 7.54. The van der Waals surface area contributed by atoms with Crippen LogP contribution in [-0.2, 0) is 25.6 Å². The molecule has 1 aromatic heterocycles. The monoisotopic (exact) mass is 437 g/mol. The predicted octanol–water partition coefficient (Wildman–Crippen LogP) is -1.91. The number of unbranched alkanes of at least 4 members (excludes halogenated alkanes) is 1. The molecule has 0 aromatic carbocycles. The minimum atomic E-state index is -1.08. The maximum Gasteiger partial charge on any atom is 0.326 e. The minimum absolute atomic E-state index is 0.111. The Morgan fingerprint density at radius 2 is 2.10 bits per heavy atom. The van der Waals surface area contributed by atoms with Gasteiger partial charge in [0.1, 0.15) is 12.1 Å². The van der Waals surface area contributed by atoms with E-state index in [1.807, 2.05) is 0 Å². The minimum Gasteiger partial charge on any atom is -0.480 e. The Hall–Kier alpha value is -2.99. The fourth-order valence-corrected chi connectivity index (χ4v) is 3.49. The van der Waals surface area contributed by atoms with Crippen LogP contribution in [0.5, 0.6) is 0 Å². The van der Waals surface area contributed by atoms with Gasteiger partial charge in [-0.1, -0.05) is 6.42 Å². The van der Waals surface area contributed by atoms with Gasteiger partial charge in [-0.3, -0.25) is 14.4 Å². The summed E-state index contributed by atoms with van der Waals surface area (Å²) < 4.78 is 0. The van der Waals surface area contributed by atoms with Gasteiger partial charge in [0.15, 0.2) is 0 Å². The van der Waals surface area contributed by atoms with Crippen LogP contribution in [0.4, 0.5) is 0 Å². The number of carboxylic acid groups (broad SMARTS) is 1. The van der Waals surface area contributed by atoms with E-state index in [0.29, 0.717) is 44.5 Å². The van der Waals surface area contributed by atoms with Crippen molar-refractivity contribution in [3.05, 3.63) is 18.2 Å². The van der Waals surface area contributed by atoms with Crippen LogP contribution in [0.3, 0.4) is 0 Å². The number of aromatic nitrogens is 2. The number of likely N-dealkylation sites (tertiary alicyclic amines) is 1. The molecule has 8 N–H and O–H groups in total. The Labute approximate surface area is 180 Å². The van der Waals surface area contributed by atoms with E-state index in [-0.39, 0.29) is 13.0 Å². The Balaban J connectivity index is 1.96. The van der Waals surface area contributed by atoms with Gasteiger partial charge in [0, 0.05) is 24.9 Å². The highest BCUT2D eigenvalue weighted by atomic mass is 16.4. The Morgan fingerprint density at radius 1 is 1.32 bits per heavy atom. The molecule has 1 saturated heterocycles. The lowest BCUT2D eigenvalue weighted by Crippen LogP contribution is -2.54. The number of carboxylic acids is 1. The van der Waals surface area contributed by atoms with Crippen molar-refractivity contribution < 1.29 is 24.3 Å². The van der Waals surface area contributed by atoms with Gasteiger partial charge in [0.2, 0.25) is 17.7 Å². The van der Waals surface area contributed by atoms with Gasteiger partial charge in [-0.25, -0.2) is 9.78 Å². The number of imidazole rings is 1. The quantitative estimate of drug-likeness (QED) is 0.203. The number of hydrogen-bond acceptors (Lipinski definition) is 7. The van der Waals surface area contributed by atoms with Crippen molar-refractivity contribution in [3.63, 3.8) is 0 Å².